The topological polar surface area (TPSA) is 60.5 Å². The lowest BCUT2D eigenvalue weighted by atomic mass is 9.95. The zero-order chi connectivity index (χ0) is 18.4. The average molecular weight is 355 g/mol. The van der Waals surface area contributed by atoms with Gasteiger partial charge in [-0.3, -0.25) is 4.79 Å². The van der Waals surface area contributed by atoms with E-state index in [0.717, 1.165) is 11.3 Å². The van der Waals surface area contributed by atoms with E-state index in [0.29, 0.717) is 22.8 Å². The van der Waals surface area contributed by atoms with E-state index in [1.807, 2.05) is 31.2 Å². The first-order chi connectivity index (χ1) is 12.6. The highest BCUT2D eigenvalue weighted by molar-refractivity contribution is 6.08. The van der Waals surface area contributed by atoms with Gasteiger partial charge in [0.15, 0.2) is 11.5 Å². The highest BCUT2D eigenvalue weighted by Crippen LogP contribution is 2.51. The number of para-hydroxylation sites is 1. The van der Waals surface area contributed by atoms with Crippen molar-refractivity contribution < 1.29 is 23.7 Å². The van der Waals surface area contributed by atoms with Gasteiger partial charge in [-0.05, 0) is 25.1 Å². The summed E-state index contributed by atoms with van der Waals surface area (Å²) in [5.74, 6) is 1.24. The maximum atomic E-state index is 13.4. The van der Waals surface area contributed by atoms with E-state index in [-0.39, 0.29) is 24.2 Å². The first-order valence-electron chi connectivity index (χ1n) is 8.48. The zero-order valence-electron chi connectivity index (χ0n) is 15.2. The molecule has 2 aliphatic heterocycles. The zero-order valence-corrected chi connectivity index (χ0v) is 15.2. The number of amides is 1. The van der Waals surface area contributed by atoms with Gasteiger partial charge in [0.2, 0.25) is 5.75 Å². The van der Waals surface area contributed by atoms with Gasteiger partial charge in [0.05, 0.1) is 33.1 Å². The van der Waals surface area contributed by atoms with Crippen LogP contribution in [-0.4, -0.2) is 39.4 Å². The Morgan fingerprint density at radius 2 is 1.69 bits per heavy atom. The van der Waals surface area contributed by atoms with Crippen LogP contribution in [0.4, 0.5) is 5.69 Å². The van der Waals surface area contributed by atoms with Crippen LogP contribution in [0.15, 0.2) is 36.4 Å². The highest BCUT2D eigenvalue weighted by atomic mass is 16.6. The summed E-state index contributed by atoms with van der Waals surface area (Å²) in [5.41, 5.74) is 2.41. The molecule has 0 bridgehead atoms. The lowest BCUT2D eigenvalue weighted by Gasteiger charge is -2.33. The summed E-state index contributed by atoms with van der Waals surface area (Å²) in [5, 5.41) is 0. The second kappa shape index (κ2) is 6.21. The number of ether oxygens (including phenoxy) is 4. The van der Waals surface area contributed by atoms with Crippen LogP contribution >= 0.6 is 0 Å². The standard InChI is InChI=1S/C20H21NO5/c1-11-17-18(26-17)13-7-5-6-8-14(13)21(11)20(22)12-9-15(23-2)19(25-4)16(10-12)24-3/h5-11,17-18H,1-4H3/t11-,17-,18+/m0/s1. The van der Waals surface area contributed by atoms with Gasteiger partial charge in [0, 0.05) is 11.1 Å². The molecule has 3 atom stereocenters. The summed E-state index contributed by atoms with van der Waals surface area (Å²) < 4.78 is 21.9. The van der Waals surface area contributed by atoms with Crippen molar-refractivity contribution in [2.75, 3.05) is 26.2 Å². The van der Waals surface area contributed by atoms with Gasteiger partial charge in [0.25, 0.3) is 5.91 Å². The van der Waals surface area contributed by atoms with E-state index in [2.05, 4.69) is 0 Å². The lowest BCUT2D eigenvalue weighted by molar-refractivity contribution is 0.0973. The quantitative estimate of drug-likeness (QED) is 0.788. The predicted molar refractivity (Wildman–Crippen MR) is 96.4 cm³/mol. The van der Waals surface area contributed by atoms with Crippen LogP contribution in [0.3, 0.4) is 0 Å². The molecule has 0 aliphatic carbocycles. The van der Waals surface area contributed by atoms with E-state index >= 15 is 0 Å². The van der Waals surface area contributed by atoms with Crippen molar-refractivity contribution >= 4 is 11.6 Å². The number of epoxide rings is 1. The molecule has 6 nitrogen and oxygen atoms in total. The van der Waals surface area contributed by atoms with Crippen LogP contribution in [0, 0.1) is 0 Å². The number of anilines is 1. The van der Waals surface area contributed by atoms with Crippen LogP contribution in [0.5, 0.6) is 17.2 Å². The third kappa shape index (κ3) is 2.41. The van der Waals surface area contributed by atoms with E-state index in [1.54, 1.807) is 17.0 Å². The van der Waals surface area contributed by atoms with Gasteiger partial charge < -0.3 is 23.8 Å². The Balaban J connectivity index is 1.79. The van der Waals surface area contributed by atoms with Crippen LogP contribution < -0.4 is 19.1 Å². The number of methoxy groups -OCH3 is 3. The smallest absolute Gasteiger partial charge is 0.258 e. The predicted octanol–water partition coefficient (Wildman–Crippen LogP) is 3.20. The molecule has 136 valence electrons. The minimum absolute atomic E-state index is 0.0379. The molecule has 1 fully saturated rings. The Morgan fingerprint density at radius 1 is 1.04 bits per heavy atom. The number of hydrogen-bond acceptors (Lipinski definition) is 5. The van der Waals surface area contributed by atoms with Crippen molar-refractivity contribution in [2.45, 2.75) is 25.2 Å². The minimum atomic E-state index is -0.127. The third-order valence-corrected chi connectivity index (χ3v) is 5.04. The second-order valence-corrected chi connectivity index (χ2v) is 6.41. The molecule has 0 unspecified atom stereocenters. The number of nitrogens with zero attached hydrogens (tertiary/aromatic N) is 1. The van der Waals surface area contributed by atoms with Gasteiger partial charge in [-0.2, -0.15) is 0 Å². The first-order valence-corrected chi connectivity index (χ1v) is 8.48. The maximum absolute atomic E-state index is 13.4. The summed E-state index contributed by atoms with van der Waals surface area (Å²) in [7, 11) is 4.61. The molecule has 2 aromatic carbocycles. The Bertz CT molecular complexity index is 840. The largest absolute Gasteiger partial charge is 0.493 e. The van der Waals surface area contributed by atoms with Crippen molar-refractivity contribution in [1.82, 2.24) is 0 Å². The van der Waals surface area contributed by atoms with Gasteiger partial charge >= 0.3 is 0 Å². The van der Waals surface area contributed by atoms with Crippen LogP contribution in [0.2, 0.25) is 0 Å². The Kier molecular flexibility index (Phi) is 4.00. The van der Waals surface area contributed by atoms with E-state index < -0.39 is 0 Å². The van der Waals surface area contributed by atoms with Gasteiger partial charge in [-0.15, -0.1) is 0 Å². The van der Waals surface area contributed by atoms with Gasteiger partial charge in [-0.25, -0.2) is 0 Å². The van der Waals surface area contributed by atoms with Crippen LogP contribution in [-0.2, 0) is 4.74 Å². The Hall–Kier alpha value is -2.73. The number of carbonyl (C=O) groups is 1. The second-order valence-electron chi connectivity index (χ2n) is 6.41. The number of hydrogen-bond donors (Lipinski definition) is 0. The van der Waals surface area contributed by atoms with E-state index in [1.165, 1.54) is 21.3 Å². The summed E-state index contributed by atoms with van der Waals surface area (Å²) >= 11 is 0. The van der Waals surface area contributed by atoms with Crippen molar-refractivity contribution in [3.63, 3.8) is 0 Å². The molecule has 4 rings (SSSR count). The van der Waals surface area contributed by atoms with Crippen molar-refractivity contribution in [1.29, 1.82) is 0 Å². The van der Waals surface area contributed by atoms with Crippen LogP contribution in [0.1, 0.15) is 28.9 Å². The first kappa shape index (κ1) is 16.7. The SMILES string of the molecule is COc1cc(C(=O)N2c3ccccc3[C@H]3O[C@H]3[C@@H]2C)cc(OC)c1OC. The Morgan fingerprint density at radius 3 is 2.31 bits per heavy atom. The summed E-state index contributed by atoms with van der Waals surface area (Å²) in [6.07, 6.45) is 0.126. The summed E-state index contributed by atoms with van der Waals surface area (Å²) in [6, 6.07) is 11.2. The lowest BCUT2D eigenvalue weighted by Crippen LogP contribution is -2.44. The molecule has 1 saturated heterocycles. The average Bonchev–Trinajstić information content (AvgIpc) is 3.48. The number of rotatable bonds is 4. The molecule has 1 amide bonds. The molecule has 6 heteroatoms. The van der Waals surface area contributed by atoms with Gasteiger partial charge in [0.1, 0.15) is 12.2 Å². The third-order valence-electron chi connectivity index (χ3n) is 5.04. The molecule has 0 N–H and O–H groups in total. The number of benzene rings is 2. The molecular formula is C20H21NO5. The van der Waals surface area contributed by atoms with E-state index in [4.69, 9.17) is 18.9 Å². The molecule has 2 aliphatic rings. The molecule has 0 aromatic heterocycles. The van der Waals surface area contributed by atoms with Crippen LogP contribution in [0.25, 0.3) is 0 Å². The molecule has 2 heterocycles. The van der Waals surface area contributed by atoms with Gasteiger partial charge in [-0.1, -0.05) is 18.2 Å². The fourth-order valence-electron chi connectivity index (χ4n) is 3.69. The molecule has 0 saturated carbocycles. The van der Waals surface area contributed by atoms with Crippen molar-refractivity contribution in [3.8, 4) is 17.2 Å². The fraction of sp³-hybridized carbons (Fsp3) is 0.350. The van der Waals surface area contributed by atoms with Crippen molar-refractivity contribution in [3.05, 3.63) is 47.5 Å². The molecule has 0 spiro atoms. The highest BCUT2D eigenvalue weighted by Gasteiger charge is 2.53. The normalized spacial score (nSPS) is 22.9. The monoisotopic (exact) mass is 355 g/mol. The summed E-state index contributed by atoms with van der Waals surface area (Å²) in [6.45, 7) is 2.01. The molecular weight excluding hydrogens is 334 g/mol. The van der Waals surface area contributed by atoms with E-state index in [9.17, 15) is 4.79 Å². The minimum Gasteiger partial charge on any atom is -0.493 e. The Labute approximate surface area is 152 Å². The molecule has 2 aromatic rings. The number of carbonyl (C=O) groups excluding carboxylic acids is 1. The maximum Gasteiger partial charge on any atom is 0.258 e. The van der Waals surface area contributed by atoms with Crippen molar-refractivity contribution in [2.24, 2.45) is 0 Å². The number of fused-ring (bicyclic) bond motifs is 3. The fourth-order valence-corrected chi connectivity index (χ4v) is 3.69. The molecule has 26 heavy (non-hydrogen) atoms. The molecule has 0 radical (unpaired) electrons. The summed E-state index contributed by atoms with van der Waals surface area (Å²) in [4.78, 5) is 15.2.